The van der Waals surface area contributed by atoms with Crippen molar-refractivity contribution < 1.29 is 28.7 Å². The Morgan fingerprint density at radius 3 is 2.36 bits per heavy atom. The monoisotopic (exact) mass is 638 g/mol. The fourth-order valence-electron chi connectivity index (χ4n) is 5.84. The number of rotatable bonds is 13. The topological polar surface area (TPSA) is 134 Å². The van der Waals surface area contributed by atoms with Crippen LogP contribution in [0.15, 0.2) is 54.6 Å². The zero-order valence-electron chi connectivity index (χ0n) is 25.9. The summed E-state index contributed by atoms with van der Waals surface area (Å²) in [5, 5.41) is 8.74. The molecule has 3 unspecified atom stereocenters. The van der Waals surface area contributed by atoms with Crippen molar-refractivity contribution in [2.24, 2.45) is 11.8 Å². The number of alkyl carbamates (subject to hydrolysis) is 1. The fourth-order valence-corrected chi connectivity index (χ4v) is 6.05. The Labute approximate surface area is 269 Å². The first kappa shape index (κ1) is 34.0. The highest BCUT2D eigenvalue weighted by molar-refractivity contribution is 6.38. The predicted octanol–water partition coefficient (Wildman–Crippen LogP) is 4.36. The van der Waals surface area contributed by atoms with Gasteiger partial charge in [-0.15, -0.1) is 0 Å². The van der Waals surface area contributed by atoms with Gasteiger partial charge in [-0.05, 0) is 67.7 Å². The van der Waals surface area contributed by atoms with Crippen molar-refractivity contribution in [3.63, 3.8) is 0 Å². The average molecular weight is 639 g/mol. The van der Waals surface area contributed by atoms with Gasteiger partial charge in [0.25, 0.3) is 5.91 Å². The van der Waals surface area contributed by atoms with E-state index in [0.717, 1.165) is 30.4 Å². The Kier molecular flexibility index (Phi) is 12.4. The third kappa shape index (κ3) is 10.0. The Morgan fingerprint density at radius 1 is 0.978 bits per heavy atom. The van der Waals surface area contributed by atoms with E-state index in [0.29, 0.717) is 37.5 Å². The molecule has 0 saturated carbocycles. The van der Waals surface area contributed by atoms with Crippen molar-refractivity contribution in [2.45, 2.75) is 77.0 Å². The summed E-state index contributed by atoms with van der Waals surface area (Å²) in [7, 11) is 0. The van der Waals surface area contributed by atoms with Gasteiger partial charge in [-0.2, -0.15) is 0 Å². The van der Waals surface area contributed by atoms with Crippen molar-refractivity contribution in [2.75, 3.05) is 19.6 Å². The molecule has 4 amide bonds. The molecule has 0 aromatic heterocycles. The number of piperidine rings is 1. The summed E-state index contributed by atoms with van der Waals surface area (Å²) in [6.45, 7) is 5.25. The van der Waals surface area contributed by atoms with Crippen LogP contribution in [0.3, 0.4) is 0 Å². The van der Waals surface area contributed by atoms with E-state index in [1.807, 2.05) is 56.3 Å². The Balaban J connectivity index is 1.49. The number of Topliss-reactive ketones (excluding diaryl/α,β-unsaturated/α-hetero) is 1. The van der Waals surface area contributed by atoms with Gasteiger partial charge in [0.1, 0.15) is 12.1 Å². The standard InChI is InChI=1S/C34H43ClN4O6/c1-22(2)18-28(38-34(44)45-29(24-11-5-3-6-12-24)20-23-10-9-13-26(35)19-23)32(42)37-27(21-25-14-15-36-31(25)41)30(40)33(43)39-16-7-4-8-17-39/h3,5-6,9-13,19,22,25,27-29H,4,7-8,14-18,20-21H2,1-2H3,(H,36,41)(H,37,42)(H,38,44)/t25-,27?,28?,29?/m0/s1. The molecule has 2 aliphatic heterocycles. The molecule has 0 spiro atoms. The van der Waals surface area contributed by atoms with Gasteiger partial charge in [-0.25, -0.2) is 4.79 Å². The fraction of sp³-hybridized carbons (Fsp3) is 0.500. The molecule has 2 heterocycles. The minimum absolute atomic E-state index is 0.00201. The van der Waals surface area contributed by atoms with E-state index in [1.165, 1.54) is 4.90 Å². The highest BCUT2D eigenvalue weighted by atomic mass is 35.5. The van der Waals surface area contributed by atoms with Gasteiger partial charge in [0.2, 0.25) is 17.6 Å². The number of nitrogens with zero attached hydrogens (tertiary/aromatic N) is 1. The summed E-state index contributed by atoms with van der Waals surface area (Å²) in [5.41, 5.74) is 1.64. The molecular formula is C34H43ClN4O6. The van der Waals surface area contributed by atoms with Crippen LogP contribution in [0.25, 0.3) is 0 Å². The molecule has 2 aliphatic rings. The van der Waals surface area contributed by atoms with Crippen molar-refractivity contribution in [3.8, 4) is 0 Å². The molecule has 45 heavy (non-hydrogen) atoms. The van der Waals surface area contributed by atoms with Crippen molar-refractivity contribution in [1.82, 2.24) is 20.9 Å². The molecule has 2 fully saturated rings. The van der Waals surface area contributed by atoms with Crippen LogP contribution >= 0.6 is 11.6 Å². The summed E-state index contributed by atoms with van der Waals surface area (Å²) in [6, 6.07) is 14.3. The van der Waals surface area contributed by atoms with E-state index in [9.17, 15) is 24.0 Å². The second-order valence-corrected chi connectivity index (χ2v) is 12.7. The Morgan fingerprint density at radius 2 is 1.71 bits per heavy atom. The quantitative estimate of drug-likeness (QED) is 0.279. The zero-order chi connectivity index (χ0) is 32.3. The SMILES string of the molecule is CC(C)CC(NC(=O)OC(Cc1cccc(Cl)c1)c1ccccc1)C(=O)NC(C[C@@H]1CCNC1=O)C(=O)C(=O)N1CCCCC1. The smallest absolute Gasteiger partial charge is 0.408 e. The number of halogens is 1. The Hall–Kier alpha value is -3.92. The average Bonchev–Trinajstić information content (AvgIpc) is 3.43. The molecule has 0 radical (unpaired) electrons. The first-order valence-electron chi connectivity index (χ1n) is 15.8. The van der Waals surface area contributed by atoms with E-state index in [2.05, 4.69) is 16.0 Å². The Bertz CT molecular complexity index is 1350. The van der Waals surface area contributed by atoms with Gasteiger partial charge in [0.15, 0.2) is 0 Å². The van der Waals surface area contributed by atoms with Gasteiger partial charge >= 0.3 is 6.09 Å². The van der Waals surface area contributed by atoms with Crippen LogP contribution < -0.4 is 16.0 Å². The van der Waals surface area contributed by atoms with E-state index >= 15 is 0 Å². The number of ketones is 1. The van der Waals surface area contributed by atoms with E-state index in [4.69, 9.17) is 16.3 Å². The maximum Gasteiger partial charge on any atom is 0.408 e. The summed E-state index contributed by atoms with van der Waals surface area (Å²) in [4.78, 5) is 67.5. The molecule has 4 rings (SSSR count). The molecule has 10 nitrogen and oxygen atoms in total. The normalized spacial score (nSPS) is 18.4. The lowest BCUT2D eigenvalue weighted by molar-refractivity contribution is -0.147. The lowest BCUT2D eigenvalue weighted by atomic mass is 9.94. The third-order valence-corrected chi connectivity index (χ3v) is 8.45. The second-order valence-electron chi connectivity index (χ2n) is 12.3. The highest BCUT2D eigenvalue weighted by Gasteiger charge is 2.37. The van der Waals surface area contributed by atoms with Crippen LogP contribution in [0.1, 0.15) is 69.6 Å². The van der Waals surface area contributed by atoms with E-state index in [1.54, 1.807) is 12.1 Å². The van der Waals surface area contributed by atoms with Crippen LogP contribution in [0, 0.1) is 11.8 Å². The molecule has 2 saturated heterocycles. The van der Waals surface area contributed by atoms with E-state index in [-0.39, 0.29) is 24.7 Å². The van der Waals surface area contributed by atoms with Crippen molar-refractivity contribution >= 4 is 41.2 Å². The summed E-state index contributed by atoms with van der Waals surface area (Å²) in [5.74, 6) is -2.73. The maximum atomic E-state index is 13.7. The first-order valence-corrected chi connectivity index (χ1v) is 16.2. The summed E-state index contributed by atoms with van der Waals surface area (Å²) >= 11 is 6.19. The molecule has 4 atom stereocenters. The molecule has 0 aliphatic carbocycles. The molecule has 11 heteroatoms. The molecule has 2 aromatic carbocycles. The minimum Gasteiger partial charge on any atom is -0.441 e. The second kappa shape index (κ2) is 16.4. The minimum atomic E-state index is -1.20. The van der Waals surface area contributed by atoms with Gasteiger partial charge < -0.3 is 25.6 Å². The molecule has 0 bridgehead atoms. The van der Waals surface area contributed by atoms with Gasteiger partial charge in [0, 0.05) is 37.0 Å². The number of ether oxygens (including phenoxy) is 1. The predicted molar refractivity (Wildman–Crippen MR) is 170 cm³/mol. The number of carbonyl (C=O) groups is 5. The van der Waals surface area contributed by atoms with Crippen LogP contribution in [0.2, 0.25) is 5.02 Å². The van der Waals surface area contributed by atoms with Gasteiger partial charge in [-0.3, -0.25) is 19.2 Å². The van der Waals surface area contributed by atoms with Gasteiger partial charge in [0.05, 0.1) is 6.04 Å². The highest BCUT2D eigenvalue weighted by Crippen LogP contribution is 2.25. The van der Waals surface area contributed by atoms with Crippen molar-refractivity contribution in [3.05, 3.63) is 70.7 Å². The summed E-state index contributed by atoms with van der Waals surface area (Å²) in [6.07, 6.45) is 2.28. The van der Waals surface area contributed by atoms with Crippen LogP contribution in [-0.4, -0.2) is 66.2 Å². The lowest BCUT2D eigenvalue weighted by Crippen LogP contribution is -2.55. The number of likely N-dealkylation sites (tertiary alicyclic amines) is 1. The number of hydrogen-bond acceptors (Lipinski definition) is 6. The molecule has 3 N–H and O–H groups in total. The number of nitrogens with one attached hydrogen (secondary N) is 3. The summed E-state index contributed by atoms with van der Waals surface area (Å²) < 4.78 is 5.88. The van der Waals surface area contributed by atoms with Gasteiger partial charge in [-0.1, -0.05) is 67.9 Å². The zero-order valence-corrected chi connectivity index (χ0v) is 26.7. The number of carbonyl (C=O) groups excluding carboxylic acids is 5. The largest absolute Gasteiger partial charge is 0.441 e. The number of amides is 4. The number of hydrogen-bond donors (Lipinski definition) is 3. The van der Waals surface area contributed by atoms with Crippen molar-refractivity contribution in [1.29, 1.82) is 0 Å². The third-order valence-electron chi connectivity index (χ3n) is 8.22. The van der Waals surface area contributed by atoms with Crippen LogP contribution in [-0.2, 0) is 30.3 Å². The lowest BCUT2D eigenvalue weighted by Gasteiger charge is -2.29. The first-order chi connectivity index (χ1) is 21.6. The van der Waals surface area contributed by atoms with E-state index < -0.39 is 47.8 Å². The van der Waals surface area contributed by atoms with Crippen LogP contribution in [0.4, 0.5) is 4.79 Å². The maximum absolute atomic E-state index is 13.7. The molecular weight excluding hydrogens is 596 g/mol. The number of benzene rings is 2. The molecule has 242 valence electrons. The van der Waals surface area contributed by atoms with Crippen LogP contribution in [0.5, 0.6) is 0 Å². The molecule has 2 aromatic rings.